The third-order valence-electron chi connectivity index (χ3n) is 4.64. The number of alkyl halides is 3. The van der Waals surface area contributed by atoms with Crippen LogP contribution >= 0.6 is 0 Å². The summed E-state index contributed by atoms with van der Waals surface area (Å²) in [7, 11) is 0. The molecule has 0 aliphatic carbocycles. The molecular formula is C20H24F3N3O3. The minimum atomic E-state index is -4.68. The molecule has 29 heavy (non-hydrogen) atoms. The third-order valence-corrected chi connectivity index (χ3v) is 4.64. The van der Waals surface area contributed by atoms with E-state index < -0.39 is 12.1 Å². The summed E-state index contributed by atoms with van der Waals surface area (Å²) >= 11 is 0. The number of benzene rings is 1. The van der Waals surface area contributed by atoms with Gasteiger partial charge in [-0.3, -0.25) is 4.79 Å². The molecule has 2 heterocycles. The number of amides is 1. The van der Waals surface area contributed by atoms with E-state index in [1.165, 1.54) is 0 Å². The number of ether oxygens (including phenoxy) is 1. The van der Waals surface area contributed by atoms with Gasteiger partial charge in [-0.05, 0) is 24.3 Å². The van der Waals surface area contributed by atoms with Gasteiger partial charge in [-0.15, -0.1) is 0 Å². The Kier molecular flexibility index (Phi) is 6.56. The van der Waals surface area contributed by atoms with Crippen molar-refractivity contribution in [3.05, 3.63) is 35.7 Å². The van der Waals surface area contributed by atoms with Crippen molar-refractivity contribution < 1.29 is 27.2 Å². The number of rotatable bonds is 7. The largest absolute Gasteiger partial charge is 0.471 e. The number of hydrogen-bond acceptors (Lipinski definition) is 5. The molecule has 6 nitrogen and oxygen atoms in total. The minimum Gasteiger partial charge on any atom is -0.376 e. The lowest BCUT2D eigenvalue weighted by Gasteiger charge is -2.26. The van der Waals surface area contributed by atoms with Crippen LogP contribution in [0.1, 0.15) is 44.6 Å². The highest BCUT2D eigenvalue weighted by molar-refractivity contribution is 5.76. The summed E-state index contributed by atoms with van der Waals surface area (Å²) in [4.78, 5) is 17.8. The first-order valence-corrected chi connectivity index (χ1v) is 9.62. The average Bonchev–Trinajstić information content (AvgIpc) is 3.33. The van der Waals surface area contributed by atoms with E-state index in [4.69, 9.17) is 4.74 Å². The van der Waals surface area contributed by atoms with E-state index in [2.05, 4.69) is 14.7 Å². The smallest absolute Gasteiger partial charge is 0.376 e. The lowest BCUT2D eigenvalue weighted by molar-refractivity contribution is -0.159. The fourth-order valence-electron chi connectivity index (χ4n) is 3.20. The Balaban J connectivity index is 1.70. The molecule has 1 amide bonds. The molecule has 0 bridgehead atoms. The molecule has 1 aliphatic heterocycles. The first kappa shape index (κ1) is 21.3. The quantitative estimate of drug-likeness (QED) is 0.679. The van der Waals surface area contributed by atoms with Gasteiger partial charge in [-0.2, -0.15) is 18.2 Å². The van der Waals surface area contributed by atoms with E-state index in [0.29, 0.717) is 25.1 Å². The molecule has 0 N–H and O–H groups in total. The van der Waals surface area contributed by atoms with Gasteiger partial charge in [0.15, 0.2) is 0 Å². The Hall–Kier alpha value is -2.42. The molecule has 1 aromatic carbocycles. The summed E-state index contributed by atoms with van der Waals surface area (Å²) in [5, 5.41) is 3.39. The van der Waals surface area contributed by atoms with Gasteiger partial charge in [0.25, 0.3) is 0 Å². The lowest BCUT2D eigenvalue weighted by atomic mass is 10.1. The van der Waals surface area contributed by atoms with Crippen molar-refractivity contribution in [3.8, 4) is 11.4 Å². The van der Waals surface area contributed by atoms with Crippen LogP contribution in [0.5, 0.6) is 0 Å². The van der Waals surface area contributed by atoms with Crippen LogP contribution in [0, 0.1) is 5.92 Å². The molecular weight excluding hydrogens is 387 g/mol. The van der Waals surface area contributed by atoms with Gasteiger partial charge in [0.1, 0.15) is 0 Å². The number of carbonyl (C=O) groups excluding carboxylic acids is 1. The van der Waals surface area contributed by atoms with Crippen molar-refractivity contribution in [2.75, 3.05) is 13.2 Å². The van der Waals surface area contributed by atoms with E-state index >= 15 is 0 Å². The van der Waals surface area contributed by atoms with Gasteiger partial charge < -0.3 is 14.2 Å². The number of halogens is 3. The summed E-state index contributed by atoms with van der Waals surface area (Å²) < 4.78 is 47.8. The molecule has 2 aromatic rings. The fraction of sp³-hybridized carbons (Fsp3) is 0.550. The number of carbonyl (C=O) groups is 1. The lowest BCUT2D eigenvalue weighted by Crippen LogP contribution is -2.37. The van der Waals surface area contributed by atoms with Crippen LogP contribution < -0.4 is 0 Å². The van der Waals surface area contributed by atoms with Gasteiger partial charge in [0.05, 0.1) is 6.10 Å². The van der Waals surface area contributed by atoms with E-state index in [1.807, 2.05) is 13.8 Å². The predicted molar refractivity (Wildman–Crippen MR) is 98.6 cm³/mol. The van der Waals surface area contributed by atoms with Crippen LogP contribution in [-0.2, 0) is 22.3 Å². The summed E-state index contributed by atoms with van der Waals surface area (Å²) in [6.45, 7) is 5.66. The standard InChI is InChI=1S/C20H24F3N3O3/c1-13(2)10-17(27)26(12-16-4-3-9-28-16)11-14-5-7-15(8-6-14)18-24-19(29-25-18)20(21,22)23/h5-8,13,16H,3-4,9-12H2,1-2H3. The normalized spacial score (nSPS) is 17.1. The second kappa shape index (κ2) is 8.94. The zero-order valence-corrected chi connectivity index (χ0v) is 16.4. The molecule has 1 saturated heterocycles. The molecule has 1 aliphatic rings. The molecule has 1 atom stereocenters. The van der Waals surface area contributed by atoms with Crippen molar-refractivity contribution in [2.45, 2.75) is 51.9 Å². The first-order chi connectivity index (χ1) is 13.7. The van der Waals surface area contributed by atoms with Gasteiger partial charge in [-0.1, -0.05) is 43.3 Å². The maximum Gasteiger partial charge on any atom is 0.471 e. The molecule has 0 spiro atoms. The van der Waals surface area contributed by atoms with Crippen LogP contribution in [0.4, 0.5) is 13.2 Å². The molecule has 0 saturated carbocycles. The van der Waals surface area contributed by atoms with Gasteiger partial charge in [-0.25, -0.2) is 0 Å². The zero-order chi connectivity index (χ0) is 21.0. The number of aromatic nitrogens is 2. The highest BCUT2D eigenvalue weighted by atomic mass is 19.4. The Labute approximate surface area is 167 Å². The average molecular weight is 411 g/mol. The number of hydrogen-bond donors (Lipinski definition) is 0. The maximum absolute atomic E-state index is 12.7. The summed E-state index contributed by atoms with van der Waals surface area (Å²) in [5.41, 5.74) is 1.27. The second-order valence-corrected chi connectivity index (χ2v) is 7.63. The fourth-order valence-corrected chi connectivity index (χ4v) is 3.20. The van der Waals surface area contributed by atoms with Gasteiger partial charge >= 0.3 is 12.1 Å². The van der Waals surface area contributed by atoms with Crippen molar-refractivity contribution in [1.82, 2.24) is 15.0 Å². The van der Waals surface area contributed by atoms with Crippen molar-refractivity contribution in [3.63, 3.8) is 0 Å². The summed E-state index contributed by atoms with van der Waals surface area (Å²) in [5.74, 6) is -1.19. The van der Waals surface area contributed by atoms with Gasteiger partial charge in [0, 0.05) is 31.7 Å². The highest BCUT2D eigenvalue weighted by Gasteiger charge is 2.38. The van der Waals surface area contributed by atoms with Gasteiger partial charge in [0.2, 0.25) is 11.7 Å². The Morgan fingerprint density at radius 1 is 1.28 bits per heavy atom. The number of nitrogens with zero attached hydrogens (tertiary/aromatic N) is 3. The monoisotopic (exact) mass is 411 g/mol. The van der Waals surface area contributed by atoms with E-state index in [9.17, 15) is 18.0 Å². The van der Waals surface area contributed by atoms with Crippen LogP contribution in [0.3, 0.4) is 0 Å². The van der Waals surface area contributed by atoms with Crippen LogP contribution in [-0.4, -0.2) is 40.2 Å². The third kappa shape index (κ3) is 5.79. The molecule has 1 aromatic heterocycles. The van der Waals surface area contributed by atoms with Crippen molar-refractivity contribution >= 4 is 5.91 Å². The zero-order valence-electron chi connectivity index (χ0n) is 16.4. The molecule has 158 valence electrons. The van der Waals surface area contributed by atoms with Crippen molar-refractivity contribution in [2.24, 2.45) is 5.92 Å². The van der Waals surface area contributed by atoms with Crippen LogP contribution in [0.15, 0.2) is 28.8 Å². The van der Waals surface area contributed by atoms with Crippen molar-refractivity contribution in [1.29, 1.82) is 0 Å². The van der Waals surface area contributed by atoms with Crippen LogP contribution in [0.25, 0.3) is 11.4 Å². The maximum atomic E-state index is 12.7. The molecule has 1 fully saturated rings. The first-order valence-electron chi connectivity index (χ1n) is 9.62. The van der Waals surface area contributed by atoms with Crippen LogP contribution in [0.2, 0.25) is 0 Å². The minimum absolute atomic E-state index is 0.0468. The topological polar surface area (TPSA) is 68.5 Å². The van der Waals surface area contributed by atoms with E-state index in [1.54, 1.807) is 29.2 Å². The van der Waals surface area contributed by atoms with E-state index in [-0.39, 0.29) is 23.8 Å². The molecule has 1 unspecified atom stereocenters. The summed E-state index contributed by atoms with van der Waals surface area (Å²) in [6.07, 6.45) is -2.25. The van der Waals surface area contributed by atoms with E-state index in [0.717, 1.165) is 25.0 Å². The Bertz CT molecular complexity index is 812. The highest BCUT2D eigenvalue weighted by Crippen LogP contribution is 2.29. The Morgan fingerprint density at radius 3 is 2.55 bits per heavy atom. The molecule has 3 rings (SSSR count). The Morgan fingerprint density at radius 2 is 2.00 bits per heavy atom. The second-order valence-electron chi connectivity index (χ2n) is 7.63. The predicted octanol–water partition coefficient (Wildman–Crippen LogP) is 4.31. The molecule has 0 radical (unpaired) electrons. The summed E-state index contributed by atoms with van der Waals surface area (Å²) in [6, 6.07) is 6.75. The SMILES string of the molecule is CC(C)CC(=O)N(Cc1ccc(-c2noc(C(F)(F)F)n2)cc1)CC1CCCO1. The molecule has 9 heteroatoms.